The summed E-state index contributed by atoms with van der Waals surface area (Å²) < 4.78 is 3.96. The molecule has 0 spiro atoms. The lowest BCUT2D eigenvalue weighted by molar-refractivity contribution is 0.0986. The van der Waals surface area contributed by atoms with Crippen molar-refractivity contribution in [1.82, 2.24) is 19.6 Å². The van der Waals surface area contributed by atoms with Crippen molar-refractivity contribution in [2.24, 2.45) is 0 Å². The summed E-state index contributed by atoms with van der Waals surface area (Å²) in [6.45, 7) is 3.03. The highest BCUT2D eigenvalue weighted by molar-refractivity contribution is 7.18. The van der Waals surface area contributed by atoms with Gasteiger partial charge in [0.2, 0.25) is 0 Å². The number of aryl methyl sites for hydroxylation is 1. The first-order valence-corrected chi connectivity index (χ1v) is 12.4. The van der Waals surface area contributed by atoms with Crippen molar-refractivity contribution in [1.29, 1.82) is 0 Å². The number of pyridine rings is 1. The van der Waals surface area contributed by atoms with Crippen LogP contribution in [0, 0.1) is 0 Å². The molecule has 4 aromatic rings. The van der Waals surface area contributed by atoms with Crippen molar-refractivity contribution in [3.05, 3.63) is 86.2 Å². The fourth-order valence-corrected chi connectivity index (χ4v) is 4.69. The predicted octanol–water partition coefficient (Wildman–Crippen LogP) is 5.18. The Kier molecular flexibility index (Phi) is 7.59. The molecular weight excluding hydrogens is 470 g/mol. The van der Waals surface area contributed by atoms with E-state index in [1.54, 1.807) is 39.7 Å². The second-order valence-corrected chi connectivity index (χ2v) is 9.75. The molecule has 4 rings (SSSR count). The highest BCUT2D eigenvalue weighted by atomic mass is 35.5. The average molecular weight is 496 g/mol. The van der Waals surface area contributed by atoms with Gasteiger partial charge in [-0.3, -0.25) is 14.2 Å². The number of aromatic nitrogens is 4. The number of thiophene rings is 1. The second-order valence-electron chi connectivity index (χ2n) is 8.04. The van der Waals surface area contributed by atoms with Crippen LogP contribution >= 0.6 is 22.9 Å². The van der Waals surface area contributed by atoms with Crippen molar-refractivity contribution in [3.8, 4) is 11.4 Å². The van der Waals surface area contributed by atoms with Crippen LogP contribution in [-0.4, -0.2) is 38.9 Å². The Labute approximate surface area is 207 Å². The standard InChI is InChI=1S/C25H26ClN5O2S/c1-3-4-14-29(2)21-16-19(30-15-6-5-7-25(30)33)9-10-20(21)31-17-18(27-28-31)8-11-22(32)23-12-13-24(26)34-23/h5-7,9-10,12-13,15-17H,3-4,8,11,14H2,1-2H3. The molecule has 0 radical (unpaired) electrons. The summed E-state index contributed by atoms with van der Waals surface area (Å²) in [5.41, 5.74) is 3.25. The molecule has 0 fully saturated rings. The third kappa shape index (κ3) is 5.46. The van der Waals surface area contributed by atoms with Crippen LogP contribution in [0.5, 0.6) is 0 Å². The predicted molar refractivity (Wildman–Crippen MR) is 137 cm³/mol. The third-order valence-electron chi connectivity index (χ3n) is 5.56. The third-order valence-corrected chi connectivity index (χ3v) is 6.83. The molecule has 3 aromatic heterocycles. The van der Waals surface area contributed by atoms with E-state index in [1.807, 2.05) is 37.5 Å². The zero-order chi connectivity index (χ0) is 24.1. The van der Waals surface area contributed by atoms with Crippen molar-refractivity contribution < 1.29 is 4.79 Å². The summed E-state index contributed by atoms with van der Waals surface area (Å²) in [4.78, 5) is 27.6. The number of hydrogen-bond donors (Lipinski definition) is 0. The van der Waals surface area contributed by atoms with Crippen LogP contribution in [0.25, 0.3) is 11.4 Å². The molecule has 1 aromatic carbocycles. The van der Waals surface area contributed by atoms with Gasteiger partial charge < -0.3 is 4.90 Å². The topological polar surface area (TPSA) is 73.0 Å². The first-order valence-electron chi connectivity index (χ1n) is 11.2. The Morgan fingerprint density at radius 2 is 2.03 bits per heavy atom. The van der Waals surface area contributed by atoms with E-state index in [9.17, 15) is 9.59 Å². The molecule has 176 valence electrons. The molecule has 0 atom stereocenters. The van der Waals surface area contributed by atoms with Gasteiger partial charge in [-0.25, -0.2) is 4.68 Å². The minimum atomic E-state index is -0.0860. The van der Waals surface area contributed by atoms with Gasteiger partial charge in [-0.05, 0) is 42.8 Å². The number of anilines is 1. The van der Waals surface area contributed by atoms with Crippen LogP contribution < -0.4 is 10.5 Å². The van der Waals surface area contributed by atoms with E-state index in [0.29, 0.717) is 22.1 Å². The quantitative estimate of drug-likeness (QED) is 0.283. The van der Waals surface area contributed by atoms with E-state index in [4.69, 9.17) is 11.6 Å². The zero-order valence-corrected chi connectivity index (χ0v) is 20.7. The lowest BCUT2D eigenvalue weighted by Crippen LogP contribution is -2.22. The molecule has 0 amide bonds. The number of Topliss-reactive ketones (excluding diaryl/α,β-unsaturated/α-hetero) is 1. The Bertz CT molecular complexity index is 1340. The summed E-state index contributed by atoms with van der Waals surface area (Å²) in [6.07, 6.45) is 6.58. The van der Waals surface area contributed by atoms with E-state index in [2.05, 4.69) is 22.1 Å². The maximum atomic E-state index is 12.4. The number of carbonyl (C=O) groups excluding carboxylic acids is 1. The smallest absolute Gasteiger partial charge is 0.255 e. The van der Waals surface area contributed by atoms with Gasteiger partial charge in [0.05, 0.1) is 38.2 Å². The molecule has 0 N–H and O–H groups in total. The van der Waals surface area contributed by atoms with E-state index >= 15 is 0 Å². The maximum Gasteiger partial charge on any atom is 0.255 e. The number of hydrogen-bond acceptors (Lipinski definition) is 6. The Morgan fingerprint density at radius 1 is 1.18 bits per heavy atom. The fraction of sp³-hybridized carbons (Fsp3) is 0.280. The monoisotopic (exact) mass is 495 g/mol. The minimum Gasteiger partial charge on any atom is -0.373 e. The number of halogens is 1. The molecule has 0 unspecified atom stereocenters. The van der Waals surface area contributed by atoms with E-state index in [0.717, 1.165) is 42.1 Å². The SMILES string of the molecule is CCCCN(C)c1cc(-n2ccccc2=O)ccc1-n1cc(CCC(=O)c2ccc(Cl)s2)nn1. The van der Waals surface area contributed by atoms with Crippen molar-refractivity contribution in [2.75, 3.05) is 18.5 Å². The van der Waals surface area contributed by atoms with Gasteiger partial charge in [-0.2, -0.15) is 0 Å². The van der Waals surface area contributed by atoms with Crippen LogP contribution in [0.2, 0.25) is 4.34 Å². The summed E-state index contributed by atoms with van der Waals surface area (Å²) in [6, 6.07) is 14.5. The number of ketones is 1. The van der Waals surface area contributed by atoms with Gasteiger partial charge in [-0.15, -0.1) is 16.4 Å². The van der Waals surface area contributed by atoms with E-state index < -0.39 is 0 Å². The molecule has 0 aliphatic heterocycles. The van der Waals surface area contributed by atoms with Gasteiger partial charge in [0.1, 0.15) is 0 Å². The molecule has 34 heavy (non-hydrogen) atoms. The van der Waals surface area contributed by atoms with Crippen LogP contribution in [0.4, 0.5) is 5.69 Å². The lowest BCUT2D eigenvalue weighted by Gasteiger charge is -2.23. The Hall–Kier alpha value is -3.23. The van der Waals surface area contributed by atoms with Crippen molar-refractivity contribution >= 4 is 34.4 Å². The molecule has 0 bridgehead atoms. The van der Waals surface area contributed by atoms with Gasteiger partial charge in [-0.1, -0.05) is 36.2 Å². The molecule has 0 saturated carbocycles. The van der Waals surface area contributed by atoms with Crippen LogP contribution in [0.1, 0.15) is 41.6 Å². The molecule has 0 aliphatic carbocycles. The first kappa shape index (κ1) is 23.9. The summed E-state index contributed by atoms with van der Waals surface area (Å²) in [7, 11) is 2.04. The molecule has 0 aliphatic rings. The average Bonchev–Trinajstić information content (AvgIpc) is 3.50. The van der Waals surface area contributed by atoms with E-state index in [-0.39, 0.29) is 11.3 Å². The number of unbranched alkanes of at least 4 members (excludes halogenated alkanes) is 1. The molecule has 3 heterocycles. The van der Waals surface area contributed by atoms with Crippen LogP contribution in [0.3, 0.4) is 0 Å². The van der Waals surface area contributed by atoms with Crippen LogP contribution in [0.15, 0.2) is 65.7 Å². The van der Waals surface area contributed by atoms with Gasteiger partial charge in [0.25, 0.3) is 5.56 Å². The highest BCUT2D eigenvalue weighted by Gasteiger charge is 2.15. The molecular formula is C25H26ClN5O2S. The minimum absolute atomic E-state index is 0.0455. The van der Waals surface area contributed by atoms with Gasteiger partial charge in [0.15, 0.2) is 5.78 Å². The molecule has 0 saturated heterocycles. The largest absolute Gasteiger partial charge is 0.373 e. The Balaban J connectivity index is 1.60. The fourth-order valence-electron chi connectivity index (χ4n) is 3.68. The second kappa shape index (κ2) is 10.8. The normalized spacial score (nSPS) is 11.0. The summed E-state index contributed by atoms with van der Waals surface area (Å²) in [5, 5.41) is 8.61. The van der Waals surface area contributed by atoms with Crippen LogP contribution in [-0.2, 0) is 6.42 Å². The van der Waals surface area contributed by atoms with Gasteiger partial charge >= 0.3 is 0 Å². The number of nitrogens with zero attached hydrogens (tertiary/aromatic N) is 5. The number of benzene rings is 1. The highest BCUT2D eigenvalue weighted by Crippen LogP contribution is 2.27. The van der Waals surface area contributed by atoms with E-state index in [1.165, 1.54) is 11.3 Å². The molecule has 9 heteroatoms. The summed E-state index contributed by atoms with van der Waals surface area (Å²) >= 11 is 7.23. The molecule has 7 nitrogen and oxygen atoms in total. The maximum absolute atomic E-state index is 12.4. The summed E-state index contributed by atoms with van der Waals surface area (Å²) in [5.74, 6) is 0.0455. The Morgan fingerprint density at radius 3 is 2.76 bits per heavy atom. The van der Waals surface area contributed by atoms with Crippen molar-refractivity contribution in [2.45, 2.75) is 32.6 Å². The number of rotatable bonds is 10. The lowest BCUT2D eigenvalue weighted by atomic mass is 10.1. The van der Waals surface area contributed by atoms with Crippen molar-refractivity contribution in [3.63, 3.8) is 0 Å². The number of carbonyl (C=O) groups is 1. The first-order chi connectivity index (χ1) is 16.5. The zero-order valence-electron chi connectivity index (χ0n) is 19.1. The van der Waals surface area contributed by atoms with Gasteiger partial charge in [0, 0.05) is 38.7 Å².